The lowest BCUT2D eigenvalue weighted by Crippen LogP contribution is -2.12. The van der Waals surface area contributed by atoms with Crippen molar-refractivity contribution in [3.63, 3.8) is 0 Å². The van der Waals surface area contributed by atoms with Gasteiger partial charge in [-0.1, -0.05) is 53.2 Å². The quantitative estimate of drug-likeness (QED) is 0.514. The highest BCUT2D eigenvalue weighted by Crippen LogP contribution is 2.26. The lowest BCUT2D eigenvalue weighted by Gasteiger charge is -2.09. The monoisotopic (exact) mass is 405 g/mol. The number of sulfonamides is 1. The first kappa shape index (κ1) is 18.9. The minimum Gasteiger partial charge on any atom is -0.334 e. The van der Waals surface area contributed by atoms with Gasteiger partial charge >= 0.3 is 0 Å². The Hall–Kier alpha value is -3.45. The van der Waals surface area contributed by atoms with Gasteiger partial charge in [0.1, 0.15) is 0 Å². The van der Waals surface area contributed by atoms with Crippen LogP contribution in [0.3, 0.4) is 0 Å². The van der Waals surface area contributed by atoms with E-state index in [1.807, 2.05) is 38.1 Å². The molecule has 6 nitrogen and oxygen atoms in total. The lowest BCUT2D eigenvalue weighted by molar-refractivity contribution is 0.432. The van der Waals surface area contributed by atoms with Crippen LogP contribution in [0.25, 0.3) is 22.8 Å². The molecule has 1 N–H and O–H groups in total. The largest absolute Gasteiger partial charge is 0.334 e. The number of nitrogens with one attached hydrogen (secondary N) is 1. The van der Waals surface area contributed by atoms with Crippen molar-refractivity contribution in [2.24, 2.45) is 0 Å². The smallest absolute Gasteiger partial charge is 0.261 e. The first-order valence-electron chi connectivity index (χ1n) is 9.02. The zero-order valence-corrected chi connectivity index (χ0v) is 16.8. The molecule has 0 fully saturated rings. The van der Waals surface area contributed by atoms with E-state index in [1.54, 1.807) is 48.5 Å². The third-order valence-electron chi connectivity index (χ3n) is 4.51. The van der Waals surface area contributed by atoms with Crippen molar-refractivity contribution in [3.8, 4) is 22.8 Å². The maximum atomic E-state index is 12.6. The van der Waals surface area contributed by atoms with E-state index in [9.17, 15) is 8.42 Å². The minimum atomic E-state index is -3.69. The summed E-state index contributed by atoms with van der Waals surface area (Å²) in [6.07, 6.45) is 0. The van der Waals surface area contributed by atoms with Crippen LogP contribution >= 0.6 is 0 Å². The fraction of sp³-hybridized carbons (Fsp3) is 0.0909. The highest BCUT2D eigenvalue weighted by atomic mass is 32.2. The summed E-state index contributed by atoms with van der Waals surface area (Å²) in [5.41, 5.74) is 3.96. The van der Waals surface area contributed by atoms with E-state index in [-0.39, 0.29) is 4.90 Å². The minimum absolute atomic E-state index is 0.202. The highest BCUT2D eigenvalue weighted by Gasteiger charge is 2.16. The Labute approximate surface area is 169 Å². The van der Waals surface area contributed by atoms with E-state index in [1.165, 1.54) is 0 Å². The highest BCUT2D eigenvalue weighted by molar-refractivity contribution is 7.92. The second kappa shape index (κ2) is 7.52. The van der Waals surface area contributed by atoms with Gasteiger partial charge in [-0.25, -0.2) is 8.42 Å². The van der Waals surface area contributed by atoms with Gasteiger partial charge in [0, 0.05) is 16.8 Å². The summed E-state index contributed by atoms with van der Waals surface area (Å²) in [6, 6.07) is 21.3. The van der Waals surface area contributed by atoms with Crippen molar-refractivity contribution < 1.29 is 12.9 Å². The normalized spacial score (nSPS) is 11.4. The summed E-state index contributed by atoms with van der Waals surface area (Å²) in [5, 5.41) is 4.06. The number of rotatable bonds is 5. The first-order valence-corrected chi connectivity index (χ1v) is 10.5. The zero-order valence-electron chi connectivity index (χ0n) is 16.0. The van der Waals surface area contributed by atoms with Crippen LogP contribution in [-0.2, 0) is 10.0 Å². The van der Waals surface area contributed by atoms with Crippen LogP contribution in [0.2, 0.25) is 0 Å². The zero-order chi connectivity index (χ0) is 20.4. The summed E-state index contributed by atoms with van der Waals surface area (Å²) in [5.74, 6) is 0.809. The standard InChI is InChI=1S/C22H19N3O3S/c1-15-10-12-19(13-11-15)29(26,27)25-18-8-5-7-17(14-18)22-23-21(24-28-22)20-9-4-3-6-16(20)2/h3-14,25H,1-2H3. The molecule has 0 bridgehead atoms. The third kappa shape index (κ3) is 4.05. The number of aryl methyl sites for hydroxylation is 2. The summed E-state index contributed by atoms with van der Waals surface area (Å²) < 4.78 is 33.2. The van der Waals surface area contributed by atoms with E-state index < -0.39 is 10.0 Å². The second-order valence-electron chi connectivity index (χ2n) is 6.74. The lowest BCUT2D eigenvalue weighted by atomic mass is 10.1. The molecule has 0 amide bonds. The molecular weight excluding hydrogens is 386 g/mol. The van der Waals surface area contributed by atoms with Crippen molar-refractivity contribution in [2.45, 2.75) is 18.7 Å². The fourth-order valence-electron chi connectivity index (χ4n) is 2.92. The fourth-order valence-corrected chi connectivity index (χ4v) is 3.97. The average molecular weight is 405 g/mol. The molecule has 0 radical (unpaired) electrons. The molecule has 1 heterocycles. The third-order valence-corrected chi connectivity index (χ3v) is 5.90. The van der Waals surface area contributed by atoms with E-state index in [0.29, 0.717) is 23.0 Å². The number of benzene rings is 3. The number of nitrogens with zero attached hydrogens (tertiary/aromatic N) is 2. The van der Waals surface area contributed by atoms with E-state index in [2.05, 4.69) is 14.9 Å². The van der Waals surface area contributed by atoms with E-state index in [4.69, 9.17) is 4.52 Å². The van der Waals surface area contributed by atoms with Crippen LogP contribution in [0, 0.1) is 13.8 Å². The van der Waals surface area contributed by atoms with Crippen molar-refractivity contribution in [1.29, 1.82) is 0 Å². The Morgan fingerprint density at radius 3 is 2.41 bits per heavy atom. The molecule has 4 rings (SSSR count). The van der Waals surface area contributed by atoms with Gasteiger partial charge in [0.25, 0.3) is 15.9 Å². The van der Waals surface area contributed by atoms with Gasteiger partial charge in [0.2, 0.25) is 5.82 Å². The molecule has 0 saturated heterocycles. The number of aromatic nitrogens is 2. The first-order chi connectivity index (χ1) is 13.9. The van der Waals surface area contributed by atoms with Crippen LogP contribution < -0.4 is 4.72 Å². The number of anilines is 1. The molecule has 0 spiro atoms. The molecule has 0 unspecified atom stereocenters. The van der Waals surface area contributed by atoms with Crippen LogP contribution in [-0.4, -0.2) is 18.6 Å². The van der Waals surface area contributed by atoms with Crippen LogP contribution in [0.1, 0.15) is 11.1 Å². The van der Waals surface area contributed by atoms with Crippen LogP contribution in [0.5, 0.6) is 0 Å². The van der Waals surface area contributed by atoms with Gasteiger partial charge < -0.3 is 4.52 Å². The molecule has 0 aliphatic rings. The Morgan fingerprint density at radius 2 is 1.66 bits per heavy atom. The van der Waals surface area contributed by atoms with Gasteiger partial charge in [0.05, 0.1) is 4.90 Å². The summed E-state index contributed by atoms with van der Waals surface area (Å²) in [7, 11) is -3.69. The number of hydrogen-bond donors (Lipinski definition) is 1. The SMILES string of the molecule is Cc1ccc(S(=O)(=O)Nc2cccc(-c3nc(-c4ccccc4C)no3)c2)cc1. The Balaban J connectivity index is 1.61. The maximum absolute atomic E-state index is 12.6. The summed E-state index contributed by atoms with van der Waals surface area (Å²) in [4.78, 5) is 4.66. The molecule has 7 heteroatoms. The maximum Gasteiger partial charge on any atom is 0.261 e. The molecular formula is C22H19N3O3S. The van der Waals surface area contributed by atoms with Crippen LogP contribution in [0.15, 0.2) is 82.2 Å². The molecule has 0 atom stereocenters. The van der Waals surface area contributed by atoms with Gasteiger partial charge in [-0.2, -0.15) is 4.98 Å². The number of hydrogen-bond acceptors (Lipinski definition) is 5. The van der Waals surface area contributed by atoms with Crippen LogP contribution in [0.4, 0.5) is 5.69 Å². The molecule has 1 aromatic heterocycles. The summed E-state index contributed by atoms with van der Waals surface area (Å²) >= 11 is 0. The molecule has 0 aliphatic carbocycles. The Kier molecular flexibility index (Phi) is 4.90. The molecule has 4 aromatic rings. The molecule has 0 saturated carbocycles. The summed E-state index contributed by atoms with van der Waals surface area (Å²) in [6.45, 7) is 3.88. The van der Waals surface area contributed by atoms with Gasteiger partial charge in [-0.15, -0.1) is 0 Å². The molecule has 146 valence electrons. The van der Waals surface area contributed by atoms with Crippen molar-refractivity contribution in [2.75, 3.05) is 4.72 Å². The predicted molar refractivity (Wildman–Crippen MR) is 112 cm³/mol. The van der Waals surface area contributed by atoms with E-state index >= 15 is 0 Å². The molecule has 3 aromatic carbocycles. The molecule has 29 heavy (non-hydrogen) atoms. The predicted octanol–water partition coefficient (Wildman–Crippen LogP) is 4.82. The Morgan fingerprint density at radius 1 is 0.897 bits per heavy atom. The average Bonchev–Trinajstić information content (AvgIpc) is 3.18. The van der Waals surface area contributed by atoms with Gasteiger partial charge in [-0.05, 0) is 49.7 Å². The van der Waals surface area contributed by atoms with Gasteiger partial charge in [0.15, 0.2) is 0 Å². The van der Waals surface area contributed by atoms with Crippen molar-refractivity contribution in [3.05, 3.63) is 83.9 Å². The Bertz CT molecular complexity index is 1260. The van der Waals surface area contributed by atoms with Crippen molar-refractivity contribution >= 4 is 15.7 Å². The topological polar surface area (TPSA) is 85.1 Å². The van der Waals surface area contributed by atoms with E-state index in [0.717, 1.165) is 16.7 Å². The van der Waals surface area contributed by atoms with Crippen molar-refractivity contribution in [1.82, 2.24) is 10.1 Å². The second-order valence-corrected chi connectivity index (χ2v) is 8.42. The molecule has 0 aliphatic heterocycles. The van der Waals surface area contributed by atoms with Gasteiger partial charge in [-0.3, -0.25) is 4.72 Å².